The highest BCUT2D eigenvalue weighted by atomic mass is 32.2. The summed E-state index contributed by atoms with van der Waals surface area (Å²) in [4.78, 5) is 11.8. The van der Waals surface area contributed by atoms with Gasteiger partial charge in [0.05, 0.1) is 0 Å². The van der Waals surface area contributed by atoms with Crippen molar-refractivity contribution in [1.29, 1.82) is 0 Å². The summed E-state index contributed by atoms with van der Waals surface area (Å²) in [6.07, 6.45) is 0. The van der Waals surface area contributed by atoms with E-state index in [2.05, 4.69) is 5.32 Å². The lowest BCUT2D eigenvalue weighted by Crippen LogP contribution is -2.33. The minimum absolute atomic E-state index is 0.0416. The Morgan fingerprint density at radius 2 is 2.22 bits per heavy atom. The summed E-state index contributed by atoms with van der Waals surface area (Å²) < 4.78 is 11.2. The molecule has 2 aliphatic rings. The molecule has 2 aliphatic heterocycles. The summed E-state index contributed by atoms with van der Waals surface area (Å²) in [5, 5.41) is 3.12. The van der Waals surface area contributed by atoms with Crippen molar-refractivity contribution in [1.82, 2.24) is 5.32 Å². The Kier molecular flexibility index (Phi) is 2.91. The quantitative estimate of drug-likeness (QED) is 0.837. The van der Waals surface area contributed by atoms with E-state index in [1.165, 1.54) is 0 Å². The lowest BCUT2D eigenvalue weighted by atomic mass is 9.94. The number of nitrogens with one attached hydrogen (secondary N) is 1. The second-order valence-corrected chi connectivity index (χ2v) is 5.91. The van der Waals surface area contributed by atoms with Crippen LogP contribution in [0.2, 0.25) is 0 Å². The summed E-state index contributed by atoms with van der Waals surface area (Å²) in [5.41, 5.74) is 1.04. The van der Waals surface area contributed by atoms with Gasteiger partial charge in [0.1, 0.15) is 10.4 Å². The Morgan fingerprint density at radius 3 is 2.94 bits per heavy atom. The van der Waals surface area contributed by atoms with Crippen LogP contribution < -0.4 is 14.8 Å². The van der Waals surface area contributed by atoms with Crippen LogP contribution in [0.3, 0.4) is 0 Å². The molecule has 6 heteroatoms. The summed E-state index contributed by atoms with van der Waals surface area (Å²) in [6.45, 7) is 2.26. The average molecular weight is 281 g/mol. The first kappa shape index (κ1) is 11.8. The molecule has 0 bridgehead atoms. The molecule has 2 unspecified atom stereocenters. The molecule has 0 spiro atoms. The highest BCUT2D eigenvalue weighted by Gasteiger charge is 2.34. The Balaban J connectivity index is 1.86. The zero-order valence-electron chi connectivity index (χ0n) is 9.64. The number of benzene rings is 1. The Labute approximate surface area is 114 Å². The molecular weight excluding hydrogens is 270 g/mol. The predicted octanol–water partition coefficient (Wildman–Crippen LogP) is 2.04. The Hall–Kier alpha value is -1.27. The molecule has 0 radical (unpaired) electrons. The number of carbonyl (C=O) groups excluding carboxylic acids is 1. The van der Waals surface area contributed by atoms with Crippen LogP contribution in [-0.2, 0) is 4.79 Å². The highest BCUT2D eigenvalue weighted by molar-refractivity contribution is 8.33. The fraction of sp³-hybridized carbons (Fsp3) is 0.333. The topological polar surface area (TPSA) is 47.6 Å². The lowest BCUT2D eigenvalue weighted by Gasteiger charge is -2.18. The maximum absolute atomic E-state index is 11.8. The number of rotatable bonds is 2. The Bertz CT molecular complexity index is 532. The van der Waals surface area contributed by atoms with Crippen molar-refractivity contribution >= 4 is 33.4 Å². The number of fused-ring (bicyclic) bond motifs is 1. The molecule has 1 N–H and O–H groups in total. The van der Waals surface area contributed by atoms with Gasteiger partial charge in [-0.05, 0) is 29.5 Å². The van der Waals surface area contributed by atoms with Crippen LogP contribution in [-0.4, -0.2) is 22.3 Å². The number of thioether (sulfide) groups is 1. The molecule has 1 fully saturated rings. The smallest absolute Gasteiger partial charge is 0.231 e. The highest BCUT2D eigenvalue weighted by Crippen LogP contribution is 2.36. The third-order valence-electron chi connectivity index (χ3n) is 3.14. The van der Waals surface area contributed by atoms with Crippen molar-refractivity contribution in [2.24, 2.45) is 0 Å². The van der Waals surface area contributed by atoms with Crippen molar-refractivity contribution in [3.8, 4) is 11.5 Å². The van der Waals surface area contributed by atoms with E-state index in [9.17, 15) is 4.79 Å². The van der Waals surface area contributed by atoms with Gasteiger partial charge in [-0.25, -0.2) is 0 Å². The summed E-state index contributed by atoms with van der Waals surface area (Å²) >= 11 is 6.11. The van der Waals surface area contributed by atoms with Gasteiger partial charge in [-0.3, -0.25) is 4.79 Å². The number of carbonyl (C=O) groups is 1. The molecule has 0 saturated carbocycles. The number of hydrogen-bond acceptors (Lipinski definition) is 5. The average Bonchev–Trinajstić information content (AvgIpc) is 2.93. The van der Waals surface area contributed by atoms with Gasteiger partial charge in [0.2, 0.25) is 11.9 Å². The molecule has 1 aromatic rings. The molecule has 0 aromatic heterocycles. The molecule has 0 amide bonds. The fourth-order valence-electron chi connectivity index (χ4n) is 2.09. The number of thiocarbonyl (C=S) groups is 1. The molecule has 1 aromatic carbocycles. The maximum Gasteiger partial charge on any atom is 0.231 e. The van der Waals surface area contributed by atoms with Crippen molar-refractivity contribution in [2.45, 2.75) is 18.9 Å². The molecule has 3 rings (SSSR count). The van der Waals surface area contributed by atoms with Crippen LogP contribution in [0.25, 0.3) is 0 Å². The molecule has 2 heterocycles. The fourth-order valence-corrected chi connectivity index (χ4v) is 3.22. The maximum atomic E-state index is 11.8. The van der Waals surface area contributed by atoms with Gasteiger partial charge in [-0.1, -0.05) is 25.2 Å². The molecule has 4 nitrogen and oxygen atoms in total. The normalized spacial score (nSPS) is 23.1. The van der Waals surface area contributed by atoms with E-state index in [4.69, 9.17) is 21.7 Å². The zero-order chi connectivity index (χ0) is 12.7. The van der Waals surface area contributed by atoms with E-state index in [0.29, 0.717) is 4.32 Å². The van der Waals surface area contributed by atoms with Gasteiger partial charge >= 0.3 is 0 Å². The SMILES string of the molecule is CC(c1ccc2c(c1)OCO2)C1NC(=S)SC1=O. The van der Waals surface area contributed by atoms with E-state index in [-0.39, 0.29) is 23.9 Å². The Morgan fingerprint density at radius 1 is 1.44 bits per heavy atom. The molecule has 94 valence electrons. The molecule has 2 atom stereocenters. The van der Waals surface area contributed by atoms with Crippen LogP contribution in [0.1, 0.15) is 18.4 Å². The second kappa shape index (κ2) is 4.44. The van der Waals surface area contributed by atoms with Crippen molar-refractivity contribution in [3.05, 3.63) is 23.8 Å². The van der Waals surface area contributed by atoms with Gasteiger partial charge in [0.25, 0.3) is 0 Å². The molecule has 1 saturated heterocycles. The van der Waals surface area contributed by atoms with Gasteiger partial charge in [-0.15, -0.1) is 0 Å². The first-order valence-electron chi connectivity index (χ1n) is 5.57. The van der Waals surface area contributed by atoms with Gasteiger partial charge < -0.3 is 14.8 Å². The van der Waals surface area contributed by atoms with Crippen LogP contribution in [0.5, 0.6) is 11.5 Å². The summed E-state index contributed by atoms with van der Waals surface area (Å²) in [6, 6.07) is 5.49. The molecule has 0 aliphatic carbocycles. The van der Waals surface area contributed by atoms with Gasteiger partial charge in [0.15, 0.2) is 11.5 Å². The molecule has 18 heavy (non-hydrogen) atoms. The van der Waals surface area contributed by atoms with Crippen LogP contribution in [0.15, 0.2) is 18.2 Å². The number of hydrogen-bond donors (Lipinski definition) is 1. The van der Waals surface area contributed by atoms with Gasteiger partial charge in [0, 0.05) is 5.92 Å². The van der Waals surface area contributed by atoms with Crippen molar-refractivity contribution in [3.63, 3.8) is 0 Å². The van der Waals surface area contributed by atoms with Crippen LogP contribution >= 0.6 is 24.0 Å². The lowest BCUT2D eigenvalue weighted by molar-refractivity contribution is -0.112. The van der Waals surface area contributed by atoms with E-state index >= 15 is 0 Å². The molecular formula is C12H11NO3S2. The van der Waals surface area contributed by atoms with Gasteiger partial charge in [-0.2, -0.15) is 0 Å². The summed E-state index contributed by atoms with van der Waals surface area (Å²) in [7, 11) is 0. The minimum Gasteiger partial charge on any atom is -0.454 e. The van der Waals surface area contributed by atoms with E-state index < -0.39 is 0 Å². The van der Waals surface area contributed by atoms with E-state index in [1.807, 2.05) is 25.1 Å². The minimum atomic E-state index is -0.261. The van der Waals surface area contributed by atoms with E-state index in [0.717, 1.165) is 28.8 Å². The van der Waals surface area contributed by atoms with E-state index in [1.54, 1.807) is 0 Å². The zero-order valence-corrected chi connectivity index (χ0v) is 11.3. The predicted molar refractivity (Wildman–Crippen MR) is 73.1 cm³/mol. The van der Waals surface area contributed by atoms with Crippen LogP contribution in [0, 0.1) is 0 Å². The number of ether oxygens (including phenoxy) is 2. The second-order valence-electron chi connectivity index (χ2n) is 4.23. The van der Waals surface area contributed by atoms with Crippen LogP contribution in [0.4, 0.5) is 0 Å². The third-order valence-corrected chi connectivity index (χ3v) is 4.27. The third kappa shape index (κ3) is 1.95. The largest absolute Gasteiger partial charge is 0.454 e. The standard InChI is InChI=1S/C12H11NO3S2/c1-6(10-11(14)18-12(17)13-10)7-2-3-8-9(4-7)16-5-15-8/h2-4,6,10H,5H2,1H3,(H,13,17). The first-order valence-corrected chi connectivity index (χ1v) is 6.79. The van der Waals surface area contributed by atoms with Crippen molar-refractivity contribution in [2.75, 3.05) is 6.79 Å². The first-order chi connectivity index (χ1) is 8.65. The monoisotopic (exact) mass is 281 g/mol. The van der Waals surface area contributed by atoms with Crippen molar-refractivity contribution < 1.29 is 14.3 Å². The summed E-state index contributed by atoms with van der Waals surface area (Å²) in [5.74, 6) is 1.53.